The first-order chi connectivity index (χ1) is 19.1. The van der Waals surface area contributed by atoms with Crippen molar-refractivity contribution in [1.82, 2.24) is 15.0 Å². The van der Waals surface area contributed by atoms with Crippen LogP contribution in [0.3, 0.4) is 0 Å². The molecule has 3 heterocycles. The van der Waals surface area contributed by atoms with Crippen LogP contribution in [-0.2, 0) is 19.8 Å². The van der Waals surface area contributed by atoms with E-state index in [1.54, 1.807) is 0 Å². The van der Waals surface area contributed by atoms with E-state index in [0.29, 0.717) is 0 Å². The van der Waals surface area contributed by atoms with Crippen LogP contribution in [0.15, 0.2) is 146 Å². The third-order valence-electron chi connectivity index (χ3n) is 6.04. The van der Waals surface area contributed by atoms with Gasteiger partial charge in [0.15, 0.2) is 0 Å². The fraction of sp³-hybridized carbons (Fsp3) is 0.0833. The summed E-state index contributed by atoms with van der Waals surface area (Å²) >= 11 is 0. The Morgan fingerprint density at radius 3 is 0.775 bits per heavy atom. The van der Waals surface area contributed by atoms with Crippen molar-refractivity contribution in [2.24, 2.45) is 0 Å². The van der Waals surface area contributed by atoms with E-state index in [1.807, 2.05) is 73.2 Å². The molecule has 3 aromatic carbocycles. The largest absolute Gasteiger partial charge is 0.256 e. The van der Waals surface area contributed by atoms with Gasteiger partial charge in [-0.25, -0.2) is 0 Å². The number of benzene rings is 3. The van der Waals surface area contributed by atoms with Gasteiger partial charge in [-0.15, -0.1) is 0 Å². The van der Waals surface area contributed by atoms with Crippen LogP contribution in [0.4, 0.5) is 0 Å². The SMILES string of the molecule is Cc1ccc(-c2ccccn2)cc1.Cc1ccc(-c2ccccn2)cc1.Cc1ccc(-c2ccccn2)cc1.[Os]. The van der Waals surface area contributed by atoms with E-state index in [1.165, 1.54) is 33.4 Å². The second-order valence-corrected chi connectivity index (χ2v) is 9.24. The van der Waals surface area contributed by atoms with Crippen molar-refractivity contribution in [3.8, 4) is 33.8 Å². The first-order valence-electron chi connectivity index (χ1n) is 13.0. The Bertz CT molecular complexity index is 1330. The van der Waals surface area contributed by atoms with Gasteiger partial charge in [-0.05, 0) is 57.2 Å². The molecule has 0 saturated carbocycles. The number of pyridine rings is 3. The van der Waals surface area contributed by atoms with Crippen LogP contribution in [0.1, 0.15) is 16.7 Å². The molecule has 3 nitrogen and oxygen atoms in total. The minimum Gasteiger partial charge on any atom is -0.256 e. The predicted molar refractivity (Wildman–Crippen MR) is 163 cm³/mol. The maximum Gasteiger partial charge on any atom is 0.0701 e. The fourth-order valence-corrected chi connectivity index (χ4v) is 3.77. The van der Waals surface area contributed by atoms with Crippen LogP contribution in [0, 0.1) is 20.8 Å². The maximum atomic E-state index is 4.28. The molecule has 6 rings (SSSR count). The molecule has 0 saturated heterocycles. The van der Waals surface area contributed by atoms with E-state index in [-0.39, 0.29) is 19.8 Å². The van der Waals surface area contributed by atoms with Crippen LogP contribution in [0.25, 0.3) is 33.8 Å². The molecule has 0 unspecified atom stereocenters. The zero-order valence-corrected chi connectivity index (χ0v) is 25.6. The quantitative estimate of drug-likeness (QED) is 0.185. The molecule has 0 atom stereocenters. The average molecular weight is 698 g/mol. The Hall–Kier alpha value is -4.25. The standard InChI is InChI=1S/3C12H11N.Os/c3*1-10-5-7-11(8-6-10)12-4-2-3-9-13-12;/h3*2-9H,1H3;. The number of aromatic nitrogens is 3. The molecule has 0 aliphatic heterocycles. The first-order valence-corrected chi connectivity index (χ1v) is 13.0. The molecule has 0 radical (unpaired) electrons. The second kappa shape index (κ2) is 16.0. The molecule has 0 spiro atoms. The fourth-order valence-electron chi connectivity index (χ4n) is 3.77. The van der Waals surface area contributed by atoms with E-state index in [4.69, 9.17) is 0 Å². The molecule has 0 aliphatic rings. The zero-order chi connectivity index (χ0) is 27.3. The van der Waals surface area contributed by atoms with Crippen molar-refractivity contribution in [3.63, 3.8) is 0 Å². The van der Waals surface area contributed by atoms with Gasteiger partial charge < -0.3 is 0 Å². The Balaban J connectivity index is 0.000000163. The van der Waals surface area contributed by atoms with E-state index >= 15 is 0 Å². The summed E-state index contributed by atoms with van der Waals surface area (Å²) in [7, 11) is 0. The van der Waals surface area contributed by atoms with E-state index in [9.17, 15) is 0 Å². The van der Waals surface area contributed by atoms with Gasteiger partial charge in [0.05, 0.1) is 17.1 Å². The summed E-state index contributed by atoms with van der Waals surface area (Å²) in [6, 6.07) is 43.0. The van der Waals surface area contributed by atoms with Crippen molar-refractivity contribution >= 4 is 0 Å². The van der Waals surface area contributed by atoms with E-state index in [2.05, 4.69) is 109 Å². The average Bonchev–Trinajstić information content (AvgIpc) is 3.00. The predicted octanol–water partition coefficient (Wildman–Crippen LogP) is 9.17. The summed E-state index contributed by atoms with van der Waals surface area (Å²) in [5, 5.41) is 0. The summed E-state index contributed by atoms with van der Waals surface area (Å²) in [6.45, 7) is 6.26. The van der Waals surface area contributed by atoms with Gasteiger partial charge in [0.1, 0.15) is 0 Å². The van der Waals surface area contributed by atoms with Crippen molar-refractivity contribution in [2.75, 3.05) is 0 Å². The van der Waals surface area contributed by atoms with Gasteiger partial charge in [0, 0.05) is 55.1 Å². The molecule has 3 aromatic heterocycles. The molecule has 0 bridgehead atoms. The van der Waals surface area contributed by atoms with Crippen LogP contribution >= 0.6 is 0 Å². The van der Waals surface area contributed by atoms with Crippen LogP contribution in [0.2, 0.25) is 0 Å². The molecule has 0 aliphatic carbocycles. The second-order valence-electron chi connectivity index (χ2n) is 9.24. The van der Waals surface area contributed by atoms with Gasteiger partial charge in [-0.3, -0.25) is 15.0 Å². The normalized spacial score (nSPS) is 9.68. The molecule has 0 amide bonds. The monoisotopic (exact) mass is 699 g/mol. The molecule has 200 valence electrons. The van der Waals surface area contributed by atoms with Gasteiger partial charge in [0.25, 0.3) is 0 Å². The number of hydrogen-bond acceptors (Lipinski definition) is 3. The zero-order valence-electron chi connectivity index (χ0n) is 23.1. The summed E-state index contributed by atoms with van der Waals surface area (Å²) < 4.78 is 0. The first kappa shape index (κ1) is 30.3. The summed E-state index contributed by atoms with van der Waals surface area (Å²) in [5.74, 6) is 0. The Morgan fingerprint density at radius 1 is 0.325 bits per heavy atom. The number of hydrogen-bond donors (Lipinski definition) is 0. The molecule has 4 heteroatoms. The third-order valence-corrected chi connectivity index (χ3v) is 6.04. The molecular formula is C36H33N3Os. The van der Waals surface area contributed by atoms with Crippen LogP contribution in [0.5, 0.6) is 0 Å². The van der Waals surface area contributed by atoms with Crippen molar-refractivity contribution in [1.29, 1.82) is 0 Å². The van der Waals surface area contributed by atoms with Gasteiger partial charge >= 0.3 is 0 Å². The minimum absolute atomic E-state index is 0. The van der Waals surface area contributed by atoms with E-state index in [0.717, 1.165) is 17.1 Å². The Labute approximate surface area is 251 Å². The molecular weight excluding hydrogens is 665 g/mol. The van der Waals surface area contributed by atoms with Crippen molar-refractivity contribution in [2.45, 2.75) is 20.8 Å². The molecule has 0 fully saturated rings. The number of nitrogens with zero attached hydrogens (tertiary/aromatic N) is 3. The maximum absolute atomic E-state index is 4.28. The summed E-state index contributed by atoms with van der Waals surface area (Å²) in [4.78, 5) is 12.8. The van der Waals surface area contributed by atoms with Crippen LogP contribution < -0.4 is 0 Å². The van der Waals surface area contributed by atoms with E-state index < -0.39 is 0 Å². The summed E-state index contributed by atoms with van der Waals surface area (Å²) in [5.41, 5.74) is 10.4. The number of aryl methyl sites for hydroxylation is 3. The topological polar surface area (TPSA) is 38.7 Å². The van der Waals surface area contributed by atoms with Gasteiger partial charge in [-0.1, -0.05) is 108 Å². The minimum atomic E-state index is 0. The Kier molecular flexibility index (Phi) is 12.1. The van der Waals surface area contributed by atoms with Crippen molar-refractivity contribution < 1.29 is 19.8 Å². The smallest absolute Gasteiger partial charge is 0.0701 e. The number of rotatable bonds is 3. The van der Waals surface area contributed by atoms with Gasteiger partial charge in [-0.2, -0.15) is 0 Å². The Morgan fingerprint density at radius 2 is 0.575 bits per heavy atom. The molecule has 0 N–H and O–H groups in total. The molecule has 6 aromatic rings. The van der Waals surface area contributed by atoms with Crippen LogP contribution in [-0.4, -0.2) is 15.0 Å². The van der Waals surface area contributed by atoms with Crippen molar-refractivity contribution in [3.05, 3.63) is 163 Å². The summed E-state index contributed by atoms with van der Waals surface area (Å²) in [6.07, 6.45) is 5.44. The van der Waals surface area contributed by atoms with Gasteiger partial charge in [0.2, 0.25) is 0 Å². The molecule has 40 heavy (non-hydrogen) atoms. The third kappa shape index (κ3) is 9.49.